The van der Waals surface area contributed by atoms with Crippen LogP contribution < -0.4 is 10.6 Å². The molecule has 1 amide bonds. The van der Waals surface area contributed by atoms with Gasteiger partial charge in [-0.3, -0.25) is 4.79 Å². The summed E-state index contributed by atoms with van der Waals surface area (Å²) in [6.07, 6.45) is 1.49. The van der Waals surface area contributed by atoms with Gasteiger partial charge in [0.2, 0.25) is 5.91 Å². The molecule has 0 spiro atoms. The van der Waals surface area contributed by atoms with Crippen molar-refractivity contribution in [3.05, 3.63) is 34.9 Å². The van der Waals surface area contributed by atoms with Gasteiger partial charge in [-0.15, -0.1) is 12.4 Å². The van der Waals surface area contributed by atoms with Crippen molar-refractivity contribution in [1.82, 2.24) is 10.6 Å². The van der Waals surface area contributed by atoms with Crippen LogP contribution in [0.1, 0.15) is 18.9 Å². The van der Waals surface area contributed by atoms with Crippen LogP contribution in [0.25, 0.3) is 0 Å². The summed E-state index contributed by atoms with van der Waals surface area (Å²) in [6, 6.07) is 7.38. The summed E-state index contributed by atoms with van der Waals surface area (Å²) in [5.74, 6) is 0.0329. The minimum Gasteiger partial charge on any atom is -0.355 e. The Balaban J connectivity index is 0.00000289. The summed E-state index contributed by atoms with van der Waals surface area (Å²) in [7, 11) is 0. The molecule has 0 aliphatic carbocycles. The molecular formula is C13H20Cl2N2O. The maximum Gasteiger partial charge on any atom is 0.224 e. The molecule has 3 nitrogen and oxygen atoms in total. The van der Waals surface area contributed by atoms with E-state index in [0.29, 0.717) is 18.0 Å². The van der Waals surface area contributed by atoms with Crippen LogP contribution in [-0.2, 0) is 11.2 Å². The van der Waals surface area contributed by atoms with Gasteiger partial charge in [-0.05, 0) is 30.7 Å². The van der Waals surface area contributed by atoms with Crippen molar-refractivity contribution in [2.45, 2.75) is 19.8 Å². The minimum atomic E-state index is 0. The molecule has 1 aromatic rings. The number of nitrogens with one attached hydrogen (secondary N) is 2. The fourth-order valence-electron chi connectivity index (χ4n) is 1.49. The summed E-state index contributed by atoms with van der Waals surface area (Å²) in [5.41, 5.74) is 0.941. The quantitative estimate of drug-likeness (QED) is 0.758. The molecule has 102 valence electrons. The Hall–Kier alpha value is -0.770. The molecule has 1 aromatic carbocycles. The lowest BCUT2D eigenvalue weighted by Gasteiger charge is -2.06. The van der Waals surface area contributed by atoms with E-state index in [1.165, 1.54) is 0 Å². The third-order valence-corrected chi connectivity index (χ3v) is 2.54. The van der Waals surface area contributed by atoms with Gasteiger partial charge < -0.3 is 10.6 Å². The predicted molar refractivity (Wildman–Crippen MR) is 78.6 cm³/mol. The molecule has 0 bridgehead atoms. The van der Waals surface area contributed by atoms with Crippen molar-refractivity contribution >= 4 is 29.9 Å². The maximum absolute atomic E-state index is 11.6. The van der Waals surface area contributed by atoms with Gasteiger partial charge in [0, 0.05) is 18.1 Å². The smallest absolute Gasteiger partial charge is 0.224 e. The molecule has 5 heteroatoms. The average Bonchev–Trinajstić information content (AvgIpc) is 2.29. The first kappa shape index (κ1) is 17.2. The van der Waals surface area contributed by atoms with Gasteiger partial charge in [0.1, 0.15) is 0 Å². The van der Waals surface area contributed by atoms with Crippen LogP contribution in [0.3, 0.4) is 0 Å². The van der Waals surface area contributed by atoms with E-state index in [0.717, 1.165) is 25.1 Å². The van der Waals surface area contributed by atoms with Gasteiger partial charge in [-0.2, -0.15) is 0 Å². The van der Waals surface area contributed by atoms with Gasteiger partial charge in [0.05, 0.1) is 6.42 Å². The molecular weight excluding hydrogens is 271 g/mol. The van der Waals surface area contributed by atoms with Crippen LogP contribution in [0.2, 0.25) is 5.02 Å². The lowest BCUT2D eigenvalue weighted by molar-refractivity contribution is -0.120. The first-order valence-electron chi connectivity index (χ1n) is 5.94. The fraction of sp³-hybridized carbons (Fsp3) is 0.462. The number of rotatable bonds is 7. The van der Waals surface area contributed by atoms with Gasteiger partial charge in [-0.1, -0.05) is 30.7 Å². The molecule has 18 heavy (non-hydrogen) atoms. The molecule has 0 atom stereocenters. The van der Waals surface area contributed by atoms with E-state index in [4.69, 9.17) is 11.6 Å². The largest absolute Gasteiger partial charge is 0.355 e. The number of hydrogen-bond donors (Lipinski definition) is 2. The molecule has 0 aliphatic rings. The third kappa shape index (κ3) is 7.54. The second-order valence-corrected chi connectivity index (χ2v) is 4.34. The molecule has 0 unspecified atom stereocenters. The zero-order chi connectivity index (χ0) is 12.5. The number of hydrogen-bond acceptors (Lipinski definition) is 2. The molecule has 2 N–H and O–H groups in total. The summed E-state index contributed by atoms with van der Waals surface area (Å²) < 4.78 is 0. The summed E-state index contributed by atoms with van der Waals surface area (Å²) >= 11 is 5.85. The van der Waals surface area contributed by atoms with Gasteiger partial charge in [0.15, 0.2) is 0 Å². The zero-order valence-corrected chi connectivity index (χ0v) is 12.1. The van der Waals surface area contributed by atoms with E-state index < -0.39 is 0 Å². The van der Waals surface area contributed by atoms with Crippen molar-refractivity contribution in [3.8, 4) is 0 Å². The monoisotopic (exact) mass is 290 g/mol. The number of carbonyl (C=O) groups excluding carboxylic acids is 1. The average molecular weight is 291 g/mol. The second kappa shape index (κ2) is 10.2. The van der Waals surface area contributed by atoms with E-state index in [-0.39, 0.29) is 18.3 Å². The summed E-state index contributed by atoms with van der Waals surface area (Å²) in [4.78, 5) is 11.6. The van der Waals surface area contributed by atoms with E-state index >= 15 is 0 Å². The molecule has 0 aromatic heterocycles. The first-order valence-corrected chi connectivity index (χ1v) is 6.32. The van der Waals surface area contributed by atoms with Crippen LogP contribution in [0.15, 0.2) is 24.3 Å². The van der Waals surface area contributed by atoms with E-state index in [1.54, 1.807) is 6.07 Å². The van der Waals surface area contributed by atoms with Crippen LogP contribution in [0.5, 0.6) is 0 Å². The van der Waals surface area contributed by atoms with Crippen molar-refractivity contribution < 1.29 is 4.79 Å². The summed E-state index contributed by atoms with van der Waals surface area (Å²) in [6.45, 7) is 4.59. The minimum absolute atomic E-state index is 0. The molecule has 0 radical (unpaired) electrons. The van der Waals surface area contributed by atoms with E-state index in [1.807, 2.05) is 18.2 Å². The lowest BCUT2D eigenvalue weighted by Crippen LogP contribution is -2.32. The molecule has 0 heterocycles. The topological polar surface area (TPSA) is 41.1 Å². The van der Waals surface area contributed by atoms with Gasteiger partial charge in [-0.25, -0.2) is 0 Å². The highest BCUT2D eigenvalue weighted by Crippen LogP contribution is 2.10. The molecule has 0 saturated carbocycles. The second-order valence-electron chi connectivity index (χ2n) is 3.91. The van der Waals surface area contributed by atoms with Crippen LogP contribution in [0.4, 0.5) is 0 Å². The van der Waals surface area contributed by atoms with E-state index in [2.05, 4.69) is 17.6 Å². The van der Waals surface area contributed by atoms with Crippen molar-refractivity contribution in [2.75, 3.05) is 19.6 Å². The Bertz CT molecular complexity index is 359. The highest BCUT2D eigenvalue weighted by atomic mass is 35.5. The molecule has 0 fully saturated rings. The van der Waals surface area contributed by atoms with Crippen LogP contribution in [0, 0.1) is 0 Å². The van der Waals surface area contributed by atoms with Crippen LogP contribution >= 0.6 is 24.0 Å². The summed E-state index contributed by atoms with van der Waals surface area (Å²) in [5, 5.41) is 6.76. The highest BCUT2D eigenvalue weighted by Gasteiger charge is 2.02. The Morgan fingerprint density at radius 3 is 2.72 bits per heavy atom. The normalized spacial score (nSPS) is 9.67. The molecule has 0 aliphatic heterocycles. The Kier molecular flexibility index (Phi) is 9.74. The zero-order valence-electron chi connectivity index (χ0n) is 10.5. The molecule has 0 saturated heterocycles. The van der Waals surface area contributed by atoms with Crippen LogP contribution in [-0.4, -0.2) is 25.5 Å². The lowest BCUT2D eigenvalue weighted by atomic mass is 10.1. The fourth-order valence-corrected chi connectivity index (χ4v) is 1.70. The standard InChI is InChI=1S/C13H19ClN2O.ClH/c1-2-6-15-7-8-16-13(17)10-11-4-3-5-12(14)9-11;/h3-5,9,15H,2,6-8,10H2,1H3,(H,16,17);1H. The number of carbonyl (C=O) groups is 1. The van der Waals surface area contributed by atoms with Crippen molar-refractivity contribution in [2.24, 2.45) is 0 Å². The number of halogens is 2. The van der Waals surface area contributed by atoms with Crippen molar-refractivity contribution in [3.63, 3.8) is 0 Å². The maximum atomic E-state index is 11.6. The highest BCUT2D eigenvalue weighted by molar-refractivity contribution is 6.30. The number of amides is 1. The van der Waals surface area contributed by atoms with E-state index in [9.17, 15) is 4.79 Å². The first-order chi connectivity index (χ1) is 8.22. The third-order valence-electron chi connectivity index (χ3n) is 2.30. The molecule has 1 rings (SSSR count). The SMILES string of the molecule is CCCNCCNC(=O)Cc1cccc(Cl)c1.Cl. The predicted octanol–water partition coefficient (Wildman–Crippen LogP) is 2.42. The van der Waals surface area contributed by atoms with Gasteiger partial charge >= 0.3 is 0 Å². The number of benzene rings is 1. The Morgan fingerprint density at radius 2 is 2.06 bits per heavy atom. The Labute approximate surface area is 120 Å². The van der Waals surface area contributed by atoms with Gasteiger partial charge in [0.25, 0.3) is 0 Å². The van der Waals surface area contributed by atoms with Crippen molar-refractivity contribution in [1.29, 1.82) is 0 Å². The Morgan fingerprint density at radius 1 is 1.28 bits per heavy atom.